The van der Waals surface area contributed by atoms with Gasteiger partial charge in [-0.2, -0.15) is 9.36 Å². The van der Waals surface area contributed by atoms with E-state index in [2.05, 4.69) is 23.4 Å². The maximum Gasteiger partial charge on any atom is 0.368 e. The number of benzene rings is 2. The molecule has 0 bridgehead atoms. The molecule has 0 spiro atoms. The lowest BCUT2D eigenvalue weighted by Crippen LogP contribution is -2.23. The second kappa shape index (κ2) is 9.05. The number of hydrogen-bond acceptors (Lipinski definition) is 6. The molecule has 2 heterocycles. The Morgan fingerprint density at radius 2 is 1.81 bits per heavy atom. The molecule has 164 valence electrons. The van der Waals surface area contributed by atoms with Crippen LogP contribution in [-0.2, 0) is 20.1 Å². The van der Waals surface area contributed by atoms with Crippen molar-refractivity contribution in [1.29, 1.82) is 0 Å². The van der Waals surface area contributed by atoms with Gasteiger partial charge in [0.2, 0.25) is 0 Å². The first-order chi connectivity index (χ1) is 15.5. The number of methoxy groups -OCH3 is 1. The van der Waals surface area contributed by atoms with Crippen LogP contribution in [-0.4, -0.2) is 31.9 Å². The fraction of sp³-hybridized carbons (Fsp3) is 0.250. The van der Waals surface area contributed by atoms with Crippen LogP contribution in [0.5, 0.6) is 11.5 Å². The first-order valence-electron chi connectivity index (χ1n) is 10.4. The van der Waals surface area contributed by atoms with Crippen molar-refractivity contribution in [3.8, 4) is 28.4 Å². The number of ether oxygens (including phenoxy) is 2. The highest BCUT2D eigenvalue weighted by atomic mass is 16.5. The Morgan fingerprint density at radius 1 is 1.00 bits per heavy atom. The topological polar surface area (TPSA) is 84.1 Å². The summed E-state index contributed by atoms with van der Waals surface area (Å²) in [5.74, 6) is 1.35. The average molecular weight is 431 g/mol. The van der Waals surface area contributed by atoms with Crippen LogP contribution in [0.15, 0.2) is 59.4 Å². The van der Waals surface area contributed by atoms with E-state index in [0.717, 1.165) is 34.7 Å². The Bertz CT molecular complexity index is 1310. The fourth-order valence-electron chi connectivity index (χ4n) is 3.51. The van der Waals surface area contributed by atoms with Crippen molar-refractivity contribution in [3.05, 3.63) is 81.9 Å². The summed E-state index contributed by atoms with van der Waals surface area (Å²) in [6.07, 6.45) is 0.893. The third-order valence-corrected chi connectivity index (χ3v) is 5.29. The van der Waals surface area contributed by atoms with E-state index in [1.807, 2.05) is 43.3 Å². The summed E-state index contributed by atoms with van der Waals surface area (Å²) in [6.45, 7) is 4.29. The van der Waals surface area contributed by atoms with Crippen molar-refractivity contribution in [2.24, 2.45) is 7.05 Å². The van der Waals surface area contributed by atoms with E-state index in [1.54, 1.807) is 26.3 Å². The highest BCUT2D eigenvalue weighted by Crippen LogP contribution is 2.29. The van der Waals surface area contributed by atoms with E-state index < -0.39 is 0 Å². The lowest BCUT2D eigenvalue weighted by Gasteiger charge is -2.15. The largest absolute Gasteiger partial charge is 0.496 e. The molecule has 8 heteroatoms. The lowest BCUT2D eigenvalue weighted by molar-refractivity contribution is 0.294. The van der Waals surface area contributed by atoms with E-state index in [1.165, 1.54) is 9.36 Å². The molecule has 4 aromatic rings. The summed E-state index contributed by atoms with van der Waals surface area (Å²) < 4.78 is 14.1. The number of nitrogens with zero attached hydrogens (tertiary/aromatic N) is 5. The second-order valence-electron chi connectivity index (χ2n) is 7.39. The van der Waals surface area contributed by atoms with Gasteiger partial charge in [-0.3, -0.25) is 4.98 Å². The summed E-state index contributed by atoms with van der Waals surface area (Å²) in [7, 11) is 3.14. The zero-order chi connectivity index (χ0) is 22.7. The van der Waals surface area contributed by atoms with Gasteiger partial charge in [-0.1, -0.05) is 19.1 Å². The summed E-state index contributed by atoms with van der Waals surface area (Å²) in [6, 6.07) is 17.5. The van der Waals surface area contributed by atoms with Crippen molar-refractivity contribution >= 4 is 0 Å². The molecule has 0 saturated carbocycles. The predicted octanol–water partition coefficient (Wildman–Crippen LogP) is 3.49. The molecule has 2 aromatic heterocycles. The van der Waals surface area contributed by atoms with Gasteiger partial charge >= 0.3 is 5.69 Å². The zero-order valence-corrected chi connectivity index (χ0v) is 18.6. The van der Waals surface area contributed by atoms with Crippen LogP contribution in [0.3, 0.4) is 0 Å². The average Bonchev–Trinajstić information content (AvgIpc) is 3.16. The quantitative estimate of drug-likeness (QED) is 0.445. The van der Waals surface area contributed by atoms with Crippen LogP contribution in [0.2, 0.25) is 0 Å². The lowest BCUT2D eigenvalue weighted by atomic mass is 10.1. The van der Waals surface area contributed by atoms with Crippen LogP contribution >= 0.6 is 0 Å². The number of pyridine rings is 1. The minimum absolute atomic E-state index is 0.201. The molecule has 0 radical (unpaired) electrons. The molecule has 0 N–H and O–H groups in total. The smallest absolute Gasteiger partial charge is 0.368 e. The molecule has 0 aliphatic carbocycles. The van der Waals surface area contributed by atoms with Crippen LogP contribution in [0.25, 0.3) is 16.9 Å². The highest BCUT2D eigenvalue weighted by molar-refractivity contribution is 5.62. The predicted molar refractivity (Wildman–Crippen MR) is 121 cm³/mol. The molecule has 0 atom stereocenters. The van der Waals surface area contributed by atoms with Gasteiger partial charge in [0.15, 0.2) is 0 Å². The number of rotatable bonds is 7. The Balaban J connectivity index is 1.63. The van der Waals surface area contributed by atoms with Crippen molar-refractivity contribution in [2.45, 2.75) is 26.9 Å². The van der Waals surface area contributed by atoms with Crippen molar-refractivity contribution in [1.82, 2.24) is 24.8 Å². The van der Waals surface area contributed by atoms with E-state index in [4.69, 9.17) is 14.5 Å². The third-order valence-electron chi connectivity index (χ3n) is 5.29. The summed E-state index contributed by atoms with van der Waals surface area (Å²) in [5, 5.41) is 7.75. The molecule has 0 fully saturated rings. The summed E-state index contributed by atoms with van der Waals surface area (Å²) in [5.41, 5.74) is 4.95. The monoisotopic (exact) mass is 431 g/mol. The minimum Gasteiger partial charge on any atom is -0.496 e. The number of aryl methyl sites for hydroxylation is 3. The molecular weight excluding hydrogens is 406 g/mol. The van der Waals surface area contributed by atoms with Gasteiger partial charge in [-0.15, -0.1) is 0 Å². The third kappa shape index (κ3) is 4.12. The number of aromatic nitrogens is 5. The van der Waals surface area contributed by atoms with Crippen LogP contribution in [0, 0.1) is 6.92 Å². The molecule has 4 rings (SSSR count). The van der Waals surface area contributed by atoms with Crippen molar-refractivity contribution < 1.29 is 9.47 Å². The van der Waals surface area contributed by atoms with E-state index in [9.17, 15) is 4.79 Å². The Morgan fingerprint density at radius 3 is 2.50 bits per heavy atom. The van der Waals surface area contributed by atoms with Gasteiger partial charge in [-0.25, -0.2) is 4.79 Å². The SMILES string of the molecule is CCc1cccc(-c2ccc(OCc3c(OC)cccc3-n3nnn(C)c3=O)c(C)c2)n1. The molecule has 0 unspecified atom stereocenters. The van der Waals surface area contributed by atoms with Gasteiger partial charge in [-0.05, 0) is 71.8 Å². The molecule has 0 aliphatic rings. The molecule has 8 nitrogen and oxygen atoms in total. The molecule has 2 aromatic carbocycles. The van der Waals surface area contributed by atoms with Crippen LogP contribution in [0.1, 0.15) is 23.7 Å². The maximum absolute atomic E-state index is 12.4. The van der Waals surface area contributed by atoms with Gasteiger partial charge in [0.25, 0.3) is 0 Å². The molecular formula is C24H25N5O3. The first kappa shape index (κ1) is 21.3. The second-order valence-corrected chi connectivity index (χ2v) is 7.39. The summed E-state index contributed by atoms with van der Waals surface area (Å²) >= 11 is 0. The normalized spacial score (nSPS) is 10.9. The van der Waals surface area contributed by atoms with E-state index in [-0.39, 0.29) is 12.3 Å². The van der Waals surface area contributed by atoms with E-state index >= 15 is 0 Å². The van der Waals surface area contributed by atoms with Crippen LogP contribution < -0.4 is 15.2 Å². The Kier molecular flexibility index (Phi) is 6.02. The van der Waals surface area contributed by atoms with Gasteiger partial charge in [0.1, 0.15) is 18.1 Å². The van der Waals surface area contributed by atoms with Gasteiger partial charge in [0.05, 0.1) is 24.1 Å². The molecule has 0 saturated heterocycles. The standard InChI is InChI=1S/C24H25N5O3/c1-5-18-8-6-9-20(25-18)17-12-13-22(16(2)14-17)32-15-19-21(10-7-11-23(19)31-4)29-24(30)28(3)26-27-29/h6-14H,5,15H2,1-4H3. The Hall–Kier alpha value is -3.94. The van der Waals surface area contributed by atoms with Gasteiger partial charge in [0, 0.05) is 18.3 Å². The number of tetrazole rings is 1. The molecule has 0 amide bonds. The number of hydrogen-bond donors (Lipinski definition) is 0. The summed E-state index contributed by atoms with van der Waals surface area (Å²) in [4.78, 5) is 17.1. The van der Waals surface area contributed by atoms with Gasteiger partial charge < -0.3 is 9.47 Å². The minimum atomic E-state index is -0.346. The Labute approximate surface area is 186 Å². The zero-order valence-electron chi connectivity index (χ0n) is 18.6. The molecule has 32 heavy (non-hydrogen) atoms. The van der Waals surface area contributed by atoms with Crippen molar-refractivity contribution in [3.63, 3.8) is 0 Å². The molecule has 0 aliphatic heterocycles. The first-order valence-corrected chi connectivity index (χ1v) is 10.4. The van der Waals surface area contributed by atoms with Crippen molar-refractivity contribution in [2.75, 3.05) is 7.11 Å². The van der Waals surface area contributed by atoms with E-state index in [0.29, 0.717) is 17.0 Å². The maximum atomic E-state index is 12.4. The van der Waals surface area contributed by atoms with Crippen LogP contribution in [0.4, 0.5) is 0 Å². The highest BCUT2D eigenvalue weighted by Gasteiger charge is 2.16. The fourth-order valence-corrected chi connectivity index (χ4v) is 3.51.